The van der Waals surface area contributed by atoms with Crippen LogP contribution in [-0.4, -0.2) is 39.4 Å². The summed E-state index contributed by atoms with van der Waals surface area (Å²) in [7, 11) is 0. The van der Waals surface area contributed by atoms with Gasteiger partial charge in [-0.3, -0.25) is 4.79 Å². The van der Waals surface area contributed by atoms with Crippen molar-refractivity contribution in [3.63, 3.8) is 0 Å². The number of aliphatic hydroxyl groups excluding tert-OH is 1. The van der Waals surface area contributed by atoms with Crippen molar-refractivity contribution in [2.45, 2.75) is 25.0 Å². The van der Waals surface area contributed by atoms with Crippen LogP contribution in [0.5, 0.6) is 0 Å². The van der Waals surface area contributed by atoms with Gasteiger partial charge in [0.2, 0.25) is 0 Å². The monoisotopic (exact) mass is 177 g/mol. The molecule has 0 rings (SSSR count). The van der Waals surface area contributed by atoms with Crippen LogP contribution in [0.2, 0.25) is 0 Å². The number of carboxylic acids is 2. The Kier molecular flexibility index (Phi) is 4.24. The molecule has 5 N–H and O–H groups in total. The summed E-state index contributed by atoms with van der Waals surface area (Å²) in [5.41, 5.74) is 5.21. The Morgan fingerprint density at radius 2 is 1.83 bits per heavy atom. The van der Waals surface area contributed by atoms with Crippen molar-refractivity contribution >= 4 is 11.9 Å². The van der Waals surface area contributed by atoms with Crippen LogP contribution < -0.4 is 5.73 Å². The zero-order valence-corrected chi connectivity index (χ0v) is 6.30. The van der Waals surface area contributed by atoms with Gasteiger partial charge in [0.05, 0.1) is 6.42 Å². The van der Waals surface area contributed by atoms with Gasteiger partial charge in [-0.15, -0.1) is 0 Å². The van der Waals surface area contributed by atoms with E-state index in [4.69, 9.17) is 21.1 Å². The largest absolute Gasteiger partial charge is 0.481 e. The SMILES string of the molecule is NC(CC(=O)O)CC(O)C(=O)O. The second kappa shape index (κ2) is 4.68. The fourth-order valence-corrected chi connectivity index (χ4v) is 0.695. The second-order valence-electron chi connectivity index (χ2n) is 2.45. The second-order valence-corrected chi connectivity index (χ2v) is 2.45. The summed E-state index contributed by atoms with van der Waals surface area (Å²) in [5.74, 6) is -2.50. The maximum absolute atomic E-state index is 10.1. The topological polar surface area (TPSA) is 121 Å². The maximum Gasteiger partial charge on any atom is 0.332 e. The summed E-state index contributed by atoms with van der Waals surface area (Å²) >= 11 is 0. The first-order valence-electron chi connectivity index (χ1n) is 3.31. The maximum atomic E-state index is 10.1. The van der Waals surface area contributed by atoms with Gasteiger partial charge in [0.25, 0.3) is 0 Å². The summed E-state index contributed by atoms with van der Waals surface area (Å²) < 4.78 is 0. The van der Waals surface area contributed by atoms with E-state index in [2.05, 4.69) is 0 Å². The van der Waals surface area contributed by atoms with Gasteiger partial charge in [0, 0.05) is 6.04 Å². The molecule has 0 aromatic rings. The van der Waals surface area contributed by atoms with Crippen LogP contribution in [0.25, 0.3) is 0 Å². The predicted octanol–water partition coefficient (Wildman–Crippen LogP) is -1.38. The fraction of sp³-hybridized carbons (Fsp3) is 0.667. The molecule has 70 valence electrons. The van der Waals surface area contributed by atoms with E-state index in [0.717, 1.165) is 0 Å². The van der Waals surface area contributed by atoms with Gasteiger partial charge >= 0.3 is 11.9 Å². The lowest BCUT2D eigenvalue weighted by atomic mass is 10.1. The lowest BCUT2D eigenvalue weighted by Crippen LogP contribution is -2.32. The molecule has 6 nitrogen and oxygen atoms in total. The molecule has 0 fully saturated rings. The summed E-state index contributed by atoms with van der Waals surface area (Å²) in [6, 6.07) is -0.825. The molecule has 0 amide bonds. The lowest BCUT2D eigenvalue weighted by molar-refractivity contribution is -0.148. The first-order valence-corrected chi connectivity index (χ1v) is 3.31. The number of aliphatic hydroxyl groups is 1. The van der Waals surface area contributed by atoms with Gasteiger partial charge in [-0.05, 0) is 6.42 Å². The Balaban J connectivity index is 3.76. The Bertz CT molecular complexity index is 181. The molecule has 2 atom stereocenters. The van der Waals surface area contributed by atoms with Crippen molar-refractivity contribution < 1.29 is 24.9 Å². The zero-order valence-electron chi connectivity index (χ0n) is 6.30. The molecular formula is C6H11NO5. The minimum atomic E-state index is -1.58. The molecule has 0 saturated carbocycles. The molecule has 0 aliphatic rings. The Morgan fingerprint density at radius 3 is 2.17 bits per heavy atom. The molecule has 2 unspecified atom stereocenters. The van der Waals surface area contributed by atoms with Gasteiger partial charge in [-0.1, -0.05) is 0 Å². The quantitative estimate of drug-likeness (QED) is 0.411. The molecular weight excluding hydrogens is 166 g/mol. The third-order valence-corrected chi connectivity index (χ3v) is 1.25. The standard InChI is InChI=1S/C6H11NO5/c7-3(2-5(9)10)1-4(8)6(11)12/h3-4,8H,1-2,7H2,(H,9,10)(H,11,12). The van der Waals surface area contributed by atoms with Crippen molar-refractivity contribution in [3.8, 4) is 0 Å². The molecule has 0 aliphatic carbocycles. The number of rotatable bonds is 5. The first-order chi connectivity index (χ1) is 5.43. The molecule has 0 heterocycles. The minimum Gasteiger partial charge on any atom is -0.481 e. The van der Waals surface area contributed by atoms with Gasteiger partial charge in [-0.2, -0.15) is 0 Å². The van der Waals surface area contributed by atoms with Crippen LogP contribution >= 0.6 is 0 Å². The molecule has 6 heteroatoms. The summed E-state index contributed by atoms with van der Waals surface area (Å²) in [6.45, 7) is 0. The predicted molar refractivity (Wildman–Crippen MR) is 38.5 cm³/mol. The first kappa shape index (κ1) is 10.9. The molecule has 12 heavy (non-hydrogen) atoms. The molecule has 0 radical (unpaired) electrons. The lowest BCUT2D eigenvalue weighted by Gasteiger charge is -2.10. The molecule has 0 aromatic heterocycles. The van der Waals surface area contributed by atoms with Crippen molar-refractivity contribution in [2.24, 2.45) is 5.73 Å². The van der Waals surface area contributed by atoms with Crippen LogP contribution in [0.1, 0.15) is 12.8 Å². The molecule has 0 saturated heterocycles. The van der Waals surface area contributed by atoms with E-state index in [1.807, 2.05) is 0 Å². The number of nitrogens with two attached hydrogens (primary N) is 1. The van der Waals surface area contributed by atoms with Gasteiger partial charge in [0.1, 0.15) is 0 Å². The van der Waals surface area contributed by atoms with Crippen molar-refractivity contribution in [2.75, 3.05) is 0 Å². The molecule has 0 spiro atoms. The van der Waals surface area contributed by atoms with Crippen molar-refractivity contribution in [3.05, 3.63) is 0 Å². The Labute approximate surface area is 68.6 Å². The highest BCUT2D eigenvalue weighted by molar-refractivity contribution is 5.72. The molecule has 0 aromatic carbocycles. The van der Waals surface area contributed by atoms with Crippen molar-refractivity contribution in [1.82, 2.24) is 0 Å². The van der Waals surface area contributed by atoms with Crippen LogP contribution in [0.4, 0.5) is 0 Å². The van der Waals surface area contributed by atoms with Crippen LogP contribution in [-0.2, 0) is 9.59 Å². The van der Waals surface area contributed by atoms with E-state index in [-0.39, 0.29) is 12.8 Å². The number of aliphatic carboxylic acids is 2. The number of hydrogen-bond acceptors (Lipinski definition) is 4. The van der Waals surface area contributed by atoms with Gasteiger partial charge in [-0.25, -0.2) is 4.79 Å². The van der Waals surface area contributed by atoms with E-state index in [1.165, 1.54) is 0 Å². The summed E-state index contributed by atoms with van der Waals surface area (Å²) in [6.07, 6.45) is -2.18. The van der Waals surface area contributed by atoms with Crippen LogP contribution in [0, 0.1) is 0 Å². The smallest absolute Gasteiger partial charge is 0.332 e. The van der Waals surface area contributed by atoms with Crippen LogP contribution in [0.3, 0.4) is 0 Å². The van der Waals surface area contributed by atoms with Gasteiger partial charge in [0.15, 0.2) is 6.10 Å². The number of carbonyl (C=O) groups is 2. The van der Waals surface area contributed by atoms with Crippen molar-refractivity contribution in [1.29, 1.82) is 0 Å². The van der Waals surface area contributed by atoms with E-state index in [9.17, 15) is 9.59 Å². The van der Waals surface area contributed by atoms with E-state index < -0.39 is 24.1 Å². The highest BCUT2D eigenvalue weighted by Crippen LogP contribution is 2.00. The number of hydrogen-bond donors (Lipinski definition) is 4. The Hall–Kier alpha value is -1.14. The van der Waals surface area contributed by atoms with Crippen LogP contribution in [0.15, 0.2) is 0 Å². The third kappa shape index (κ3) is 4.64. The van der Waals surface area contributed by atoms with E-state index >= 15 is 0 Å². The third-order valence-electron chi connectivity index (χ3n) is 1.25. The van der Waals surface area contributed by atoms with E-state index in [0.29, 0.717) is 0 Å². The number of carboxylic acid groups (broad SMARTS) is 2. The molecule has 0 bridgehead atoms. The van der Waals surface area contributed by atoms with E-state index in [1.54, 1.807) is 0 Å². The highest BCUT2D eigenvalue weighted by atomic mass is 16.4. The fourth-order valence-electron chi connectivity index (χ4n) is 0.695. The average Bonchev–Trinajstić information content (AvgIpc) is 1.84. The summed E-state index contributed by atoms with van der Waals surface area (Å²) in [5, 5.41) is 25.2. The minimum absolute atomic E-state index is 0.248. The average molecular weight is 177 g/mol. The Morgan fingerprint density at radius 1 is 1.33 bits per heavy atom. The highest BCUT2D eigenvalue weighted by Gasteiger charge is 2.18. The summed E-state index contributed by atoms with van der Waals surface area (Å²) in [4.78, 5) is 20.1. The molecule has 0 aliphatic heterocycles. The normalized spacial score (nSPS) is 15.2. The van der Waals surface area contributed by atoms with Gasteiger partial charge < -0.3 is 21.1 Å². The zero-order chi connectivity index (χ0) is 9.72.